The van der Waals surface area contributed by atoms with Crippen LogP contribution in [0.25, 0.3) is 0 Å². The Kier molecular flexibility index (Phi) is 3.91. The second-order valence-electron chi connectivity index (χ2n) is 3.96. The Balaban J connectivity index is 2.24. The van der Waals surface area contributed by atoms with E-state index in [-0.39, 0.29) is 24.5 Å². The molecule has 0 saturated heterocycles. The van der Waals surface area contributed by atoms with Crippen molar-refractivity contribution < 1.29 is 24.2 Å². The number of phenols is 1. The van der Waals surface area contributed by atoms with Crippen LogP contribution in [-0.4, -0.2) is 40.1 Å². The Morgan fingerprint density at radius 1 is 1.35 bits per heavy atom. The smallest absolute Gasteiger partial charge is 0.277 e. The van der Waals surface area contributed by atoms with Crippen LogP contribution in [0.2, 0.25) is 5.02 Å². The molecule has 2 amide bonds. The van der Waals surface area contributed by atoms with Crippen molar-refractivity contribution in [1.29, 1.82) is 0 Å². The highest BCUT2D eigenvalue weighted by atomic mass is 35.5. The van der Waals surface area contributed by atoms with Gasteiger partial charge in [0.1, 0.15) is 16.5 Å². The summed E-state index contributed by atoms with van der Waals surface area (Å²) < 4.78 is 13.8. The van der Waals surface area contributed by atoms with Gasteiger partial charge in [-0.05, 0) is 12.1 Å². The van der Waals surface area contributed by atoms with Crippen LogP contribution in [0.1, 0.15) is 0 Å². The number of hydrogen-bond donors (Lipinski definition) is 3. The summed E-state index contributed by atoms with van der Waals surface area (Å²) in [5.74, 6) is -2.64. The van der Waals surface area contributed by atoms with Gasteiger partial charge < -0.3 is 15.5 Å². The first kappa shape index (κ1) is 14.3. The van der Waals surface area contributed by atoms with Gasteiger partial charge in [0.05, 0.1) is 18.8 Å². The summed E-state index contributed by atoms with van der Waals surface area (Å²) in [7, 11) is 0. The van der Waals surface area contributed by atoms with Crippen molar-refractivity contribution in [2.75, 3.05) is 18.5 Å². The van der Waals surface area contributed by atoms with Crippen molar-refractivity contribution in [3.63, 3.8) is 0 Å². The molecule has 1 aromatic rings. The zero-order valence-electron chi connectivity index (χ0n) is 10.1. The number of phenolic OH excluding ortho intramolecular Hbond substituents is 1. The number of benzene rings is 1. The van der Waals surface area contributed by atoms with Gasteiger partial charge in [0.2, 0.25) is 0 Å². The highest BCUT2D eigenvalue weighted by Gasteiger charge is 2.31. The first-order valence-electron chi connectivity index (χ1n) is 5.58. The van der Waals surface area contributed by atoms with Crippen LogP contribution in [0.5, 0.6) is 5.75 Å². The number of carbonyl (C=O) groups is 2. The molecule has 0 aromatic heterocycles. The van der Waals surface area contributed by atoms with E-state index < -0.39 is 28.4 Å². The molecule has 0 unspecified atom stereocenters. The van der Waals surface area contributed by atoms with Gasteiger partial charge in [0.25, 0.3) is 11.8 Å². The maximum atomic E-state index is 13.8. The third kappa shape index (κ3) is 2.45. The van der Waals surface area contributed by atoms with Crippen LogP contribution < -0.4 is 5.32 Å². The SMILES string of the molecule is O=C1C=C(Nc2ccc(O)c(Cl)c2F)C(=O)N1CCO. The molecular weight excluding hydrogens is 291 g/mol. The van der Waals surface area contributed by atoms with E-state index in [0.717, 1.165) is 17.0 Å². The number of imide groups is 1. The van der Waals surface area contributed by atoms with Crippen molar-refractivity contribution >= 4 is 29.1 Å². The lowest BCUT2D eigenvalue weighted by Gasteiger charge is -2.14. The molecule has 1 aromatic carbocycles. The molecule has 0 bridgehead atoms. The van der Waals surface area contributed by atoms with Crippen LogP contribution in [0.15, 0.2) is 23.9 Å². The first-order chi connectivity index (χ1) is 9.45. The van der Waals surface area contributed by atoms with E-state index in [1.165, 1.54) is 6.07 Å². The molecule has 0 radical (unpaired) electrons. The maximum Gasteiger partial charge on any atom is 0.277 e. The fourth-order valence-corrected chi connectivity index (χ4v) is 1.86. The summed E-state index contributed by atoms with van der Waals surface area (Å²) in [4.78, 5) is 24.2. The summed E-state index contributed by atoms with van der Waals surface area (Å²) in [6.45, 7) is -0.504. The molecule has 0 spiro atoms. The quantitative estimate of drug-likeness (QED) is 0.566. The number of amides is 2. The molecule has 20 heavy (non-hydrogen) atoms. The molecule has 1 aliphatic rings. The van der Waals surface area contributed by atoms with E-state index in [0.29, 0.717) is 0 Å². The van der Waals surface area contributed by atoms with Crippen LogP contribution in [0.3, 0.4) is 0 Å². The van der Waals surface area contributed by atoms with Gasteiger partial charge in [-0.3, -0.25) is 14.5 Å². The first-order valence-corrected chi connectivity index (χ1v) is 5.96. The Hall–Kier alpha value is -2.12. The van der Waals surface area contributed by atoms with Gasteiger partial charge in [-0.15, -0.1) is 0 Å². The molecular formula is C12H10ClFN2O4. The fourth-order valence-electron chi connectivity index (χ4n) is 1.69. The molecule has 0 fully saturated rings. The third-order valence-corrected chi connectivity index (χ3v) is 3.02. The zero-order valence-corrected chi connectivity index (χ0v) is 10.8. The van der Waals surface area contributed by atoms with Crippen LogP contribution in [-0.2, 0) is 9.59 Å². The average molecular weight is 301 g/mol. The highest BCUT2D eigenvalue weighted by molar-refractivity contribution is 6.32. The van der Waals surface area contributed by atoms with E-state index >= 15 is 0 Å². The zero-order chi connectivity index (χ0) is 14.9. The van der Waals surface area contributed by atoms with E-state index in [1.54, 1.807) is 0 Å². The summed E-state index contributed by atoms with van der Waals surface area (Å²) in [5.41, 5.74) is -0.282. The minimum atomic E-state index is -0.937. The number of aliphatic hydroxyl groups excluding tert-OH is 1. The molecule has 106 valence electrons. The molecule has 0 saturated carbocycles. The number of nitrogens with zero attached hydrogens (tertiary/aromatic N) is 1. The van der Waals surface area contributed by atoms with Crippen molar-refractivity contribution in [3.05, 3.63) is 34.7 Å². The van der Waals surface area contributed by atoms with E-state index in [9.17, 15) is 19.1 Å². The summed E-state index contributed by atoms with van der Waals surface area (Å²) in [5, 5.41) is 19.9. The molecule has 8 heteroatoms. The molecule has 6 nitrogen and oxygen atoms in total. The van der Waals surface area contributed by atoms with Crippen molar-refractivity contribution in [3.8, 4) is 5.75 Å². The fraction of sp³-hybridized carbons (Fsp3) is 0.167. The third-order valence-electron chi connectivity index (χ3n) is 2.66. The molecule has 0 atom stereocenters. The number of aliphatic hydroxyl groups is 1. The Morgan fingerprint density at radius 2 is 2.05 bits per heavy atom. The number of nitrogens with one attached hydrogen (secondary N) is 1. The van der Waals surface area contributed by atoms with Crippen LogP contribution >= 0.6 is 11.6 Å². The second-order valence-corrected chi connectivity index (χ2v) is 4.34. The standard InChI is InChI=1S/C12H10ClFN2O4/c13-10-8(18)2-1-6(11(10)14)15-7-5-9(19)16(3-4-17)12(7)20/h1-2,5,15,17-18H,3-4H2. The van der Waals surface area contributed by atoms with Crippen molar-refractivity contribution in [1.82, 2.24) is 4.90 Å². The highest BCUT2D eigenvalue weighted by Crippen LogP contribution is 2.32. The lowest BCUT2D eigenvalue weighted by molar-refractivity contribution is -0.137. The van der Waals surface area contributed by atoms with Gasteiger partial charge in [-0.1, -0.05) is 11.6 Å². The van der Waals surface area contributed by atoms with E-state index in [2.05, 4.69) is 5.32 Å². The van der Waals surface area contributed by atoms with Crippen LogP contribution in [0, 0.1) is 5.82 Å². The van der Waals surface area contributed by atoms with Crippen molar-refractivity contribution in [2.24, 2.45) is 0 Å². The predicted molar refractivity (Wildman–Crippen MR) is 68.6 cm³/mol. The molecule has 0 aliphatic carbocycles. The summed E-state index contributed by atoms with van der Waals surface area (Å²) >= 11 is 5.53. The Bertz CT molecular complexity index is 618. The second kappa shape index (κ2) is 5.48. The Morgan fingerprint density at radius 3 is 2.70 bits per heavy atom. The molecule has 1 heterocycles. The van der Waals surface area contributed by atoms with Gasteiger partial charge in [0, 0.05) is 6.08 Å². The summed E-state index contributed by atoms with van der Waals surface area (Å²) in [6.07, 6.45) is 0.998. The average Bonchev–Trinajstić information content (AvgIpc) is 2.67. The number of β-amino-alcohol motifs (C(OH)–C–C–N with tert-alkyl or cyclic N) is 1. The minimum absolute atomic E-state index is 0.135. The number of aromatic hydroxyl groups is 1. The van der Waals surface area contributed by atoms with Gasteiger partial charge in [-0.25, -0.2) is 4.39 Å². The monoisotopic (exact) mass is 300 g/mol. The van der Waals surface area contributed by atoms with E-state index in [1.807, 2.05) is 0 Å². The van der Waals surface area contributed by atoms with Gasteiger partial charge >= 0.3 is 0 Å². The molecule has 1 aliphatic heterocycles. The maximum absolute atomic E-state index is 13.8. The number of hydrogen-bond acceptors (Lipinski definition) is 5. The largest absolute Gasteiger partial charge is 0.506 e. The predicted octanol–water partition coefficient (Wildman–Crippen LogP) is 0.842. The molecule has 3 N–H and O–H groups in total. The Labute approximate surface area is 118 Å². The summed E-state index contributed by atoms with van der Waals surface area (Å²) in [6, 6.07) is 2.34. The van der Waals surface area contributed by atoms with Crippen molar-refractivity contribution in [2.45, 2.75) is 0 Å². The van der Waals surface area contributed by atoms with E-state index in [4.69, 9.17) is 16.7 Å². The lowest BCUT2D eigenvalue weighted by Crippen LogP contribution is -2.34. The lowest BCUT2D eigenvalue weighted by atomic mass is 10.2. The number of rotatable bonds is 4. The number of carbonyl (C=O) groups excluding carboxylic acids is 2. The normalized spacial score (nSPS) is 14.8. The number of anilines is 1. The van der Waals surface area contributed by atoms with Gasteiger partial charge in [0.15, 0.2) is 5.82 Å². The van der Waals surface area contributed by atoms with Crippen LogP contribution in [0.4, 0.5) is 10.1 Å². The van der Waals surface area contributed by atoms with Gasteiger partial charge in [-0.2, -0.15) is 0 Å². The topological polar surface area (TPSA) is 89.9 Å². The minimum Gasteiger partial charge on any atom is -0.506 e. The number of halogens is 2. The molecule has 2 rings (SSSR count).